The molecule has 0 unspecified atom stereocenters. The minimum Gasteiger partial charge on any atom is -0.333 e. The molecule has 0 atom stereocenters. The predicted octanol–water partition coefficient (Wildman–Crippen LogP) is 3.41. The van der Waals surface area contributed by atoms with E-state index in [1.807, 2.05) is 48.5 Å². The summed E-state index contributed by atoms with van der Waals surface area (Å²) >= 11 is 3.58. The maximum absolute atomic E-state index is 11.8. The molecule has 23 heavy (non-hydrogen) atoms. The van der Waals surface area contributed by atoms with Crippen molar-refractivity contribution in [1.82, 2.24) is 15.4 Å². The Balaban J connectivity index is 1.52. The summed E-state index contributed by atoms with van der Waals surface area (Å²) in [6, 6.07) is 15.6. The highest BCUT2D eigenvalue weighted by atomic mass is 127. The van der Waals surface area contributed by atoms with Gasteiger partial charge in [0.15, 0.2) is 5.16 Å². The smallest absolute Gasteiger partial charge is 0.250 e. The summed E-state index contributed by atoms with van der Waals surface area (Å²) in [7, 11) is 0. The molecule has 2 aromatic carbocycles. The molecule has 2 N–H and O–H groups in total. The van der Waals surface area contributed by atoms with Crippen LogP contribution in [0.15, 0.2) is 58.8 Å². The summed E-state index contributed by atoms with van der Waals surface area (Å²) < 4.78 is 1.08. The number of benzene rings is 2. The molecule has 1 amide bonds. The lowest BCUT2D eigenvalue weighted by molar-refractivity contribution is -0.118. The molecule has 3 aromatic rings. The molecule has 0 bridgehead atoms. The van der Waals surface area contributed by atoms with Crippen LogP contribution in [0.1, 0.15) is 5.56 Å². The maximum Gasteiger partial charge on any atom is 0.250 e. The molecule has 3 rings (SSSR count). The molecule has 0 fully saturated rings. The van der Waals surface area contributed by atoms with Gasteiger partial charge < -0.3 is 4.98 Å². The van der Waals surface area contributed by atoms with Crippen molar-refractivity contribution in [3.8, 4) is 0 Å². The van der Waals surface area contributed by atoms with E-state index < -0.39 is 0 Å². The third-order valence-corrected chi connectivity index (χ3v) is 4.86. The fourth-order valence-corrected chi connectivity index (χ4v) is 3.12. The molecule has 1 heterocycles. The number of aromatic nitrogens is 2. The lowest BCUT2D eigenvalue weighted by Gasteiger charge is -1.99. The monoisotopic (exact) mass is 436 g/mol. The number of hydrogen-bond acceptors (Lipinski definition) is 4. The normalized spacial score (nSPS) is 11.2. The number of nitrogens with zero attached hydrogens (tertiary/aromatic N) is 2. The van der Waals surface area contributed by atoms with Gasteiger partial charge in [-0.25, -0.2) is 10.4 Å². The second-order valence-electron chi connectivity index (χ2n) is 4.66. The van der Waals surface area contributed by atoms with Crippen molar-refractivity contribution in [2.24, 2.45) is 5.10 Å². The number of thioether (sulfide) groups is 1. The summed E-state index contributed by atoms with van der Waals surface area (Å²) in [5.41, 5.74) is 5.36. The molecule has 0 aliphatic carbocycles. The number of imidazole rings is 1. The summed E-state index contributed by atoms with van der Waals surface area (Å²) in [6.45, 7) is 0. The summed E-state index contributed by atoms with van der Waals surface area (Å²) in [5.74, 6) is 0.0842. The summed E-state index contributed by atoms with van der Waals surface area (Å²) in [6.07, 6.45) is 1.64. The molecule has 0 saturated heterocycles. The first kappa shape index (κ1) is 16.0. The van der Waals surface area contributed by atoms with Crippen molar-refractivity contribution in [3.63, 3.8) is 0 Å². The van der Waals surface area contributed by atoms with Crippen molar-refractivity contribution < 1.29 is 4.79 Å². The third-order valence-electron chi connectivity index (χ3n) is 3.01. The Morgan fingerprint density at radius 3 is 2.87 bits per heavy atom. The predicted molar refractivity (Wildman–Crippen MR) is 102 cm³/mol. The van der Waals surface area contributed by atoms with Crippen molar-refractivity contribution in [1.29, 1.82) is 0 Å². The molecule has 0 aliphatic rings. The fourth-order valence-electron chi connectivity index (χ4n) is 1.92. The van der Waals surface area contributed by atoms with Crippen LogP contribution in [0.2, 0.25) is 0 Å². The van der Waals surface area contributed by atoms with E-state index in [1.54, 1.807) is 6.21 Å². The van der Waals surface area contributed by atoms with Crippen LogP contribution in [0, 0.1) is 3.57 Å². The number of carbonyl (C=O) groups excluding carboxylic acids is 1. The van der Waals surface area contributed by atoms with Gasteiger partial charge in [-0.3, -0.25) is 4.79 Å². The van der Waals surface area contributed by atoms with E-state index in [1.165, 1.54) is 11.8 Å². The largest absolute Gasteiger partial charge is 0.333 e. The highest BCUT2D eigenvalue weighted by molar-refractivity contribution is 14.1. The standard InChI is InChI=1S/C16H13IN4OS/c17-12-6-2-1-5-11(12)9-18-21-15(22)10-23-16-19-13-7-3-4-8-14(13)20-16/h1-9H,10H2,(H,19,20)(H,21,22)/b18-9+. The van der Waals surface area contributed by atoms with Gasteiger partial charge in [0, 0.05) is 9.13 Å². The average Bonchev–Trinajstić information content (AvgIpc) is 2.98. The zero-order valence-electron chi connectivity index (χ0n) is 12.0. The highest BCUT2D eigenvalue weighted by Crippen LogP contribution is 2.18. The number of H-pyrrole nitrogens is 1. The van der Waals surface area contributed by atoms with Crippen LogP contribution < -0.4 is 5.43 Å². The van der Waals surface area contributed by atoms with E-state index in [0.29, 0.717) is 0 Å². The number of rotatable bonds is 5. The van der Waals surface area contributed by atoms with Crippen molar-refractivity contribution in [3.05, 3.63) is 57.7 Å². The minimum absolute atomic E-state index is 0.169. The number of nitrogens with one attached hydrogen (secondary N) is 2. The van der Waals surface area contributed by atoms with Gasteiger partial charge in [-0.2, -0.15) is 5.10 Å². The van der Waals surface area contributed by atoms with Crippen LogP contribution in [0.3, 0.4) is 0 Å². The second kappa shape index (κ2) is 7.60. The van der Waals surface area contributed by atoms with Gasteiger partial charge in [-0.05, 0) is 40.8 Å². The van der Waals surface area contributed by atoms with Crippen LogP contribution >= 0.6 is 34.4 Å². The van der Waals surface area contributed by atoms with E-state index >= 15 is 0 Å². The van der Waals surface area contributed by atoms with Crippen molar-refractivity contribution in [2.45, 2.75) is 5.16 Å². The van der Waals surface area contributed by atoms with Gasteiger partial charge in [-0.15, -0.1) is 0 Å². The zero-order valence-corrected chi connectivity index (χ0v) is 15.0. The SMILES string of the molecule is O=C(CSc1nc2ccccc2[nH]1)N/N=C/c1ccccc1I. The molecular formula is C16H13IN4OS. The molecule has 0 spiro atoms. The first-order chi connectivity index (χ1) is 11.2. The Morgan fingerprint density at radius 2 is 2.04 bits per heavy atom. The molecule has 0 aliphatic heterocycles. The first-order valence-corrected chi connectivity index (χ1v) is 8.93. The maximum atomic E-state index is 11.8. The van der Waals surface area contributed by atoms with E-state index in [2.05, 4.69) is 43.1 Å². The molecular weight excluding hydrogens is 423 g/mol. The van der Waals surface area contributed by atoms with E-state index in [4.69, 9.17) is 0 Å². The van der Waals surface area contributed by atoms with E-state index in [0.717, 1.165) is 25.3 Å². The van der Waals surface area contributed by atoms with Crippen LogP contribution in [0.4, 0.5) is 0 Å². The average molecular weight is 436 g/mol. The molecule has 0 radical (unpaired) electrons. The van der Waals surface area contributed by atoms with E-state index in [9.17, 15) is 4.79 Å². The molecule has 1 aromatic heterocycles. The topological polar surface area (TPSA) is 70.1 Å². The summed E-state index contributed by atoms with van der Waals surface area (Å²) in [4.78, 5) is 19.4. The van der Waals surface area contributed by atoms with Gasteiger partial charge in [0.25, 0.3) is 5.91 Å². The molecule has 5 nitrogen and oxygen atoms in total. The second-order valence-corrected chi connectivity index (χ2v) is 6.79. The van der Waals surface area contributed by atoms with Crippen molar-refractivity contribution >= 4 is 57.5 Å². The Kier molecular flexibility index (Phi) is 5.29. The Bertz CT molecular complexity index is 829. The van der Waals surface area contributed by atoms with Gasteiger partial charge in [0.1, 0.15) is 0 Å². The van der Waals surface area contributed by atoms with Crippen molar-refractivity contribution in [2.75, 3.05) is 5.75 Å². The number of para-hydroxylation sites is 2. The number of aromatic amines is 1. The minimum atomic E-state index is -0.169. The van der Waals surface area contributed by atoms with Gasteiger partial charge in [0.05, 0.1) is 23.0 Å². The number of halogens is 1. The van der Waals surface area contributed by atoms with Crippen LogP contribution in [-0.2, 0) is 4.79 Å². The lowest BCUT2D eigenvalue weighted by Crippen LogP contribution is -2.19. The number of hydrazone groups is 1. The number of fused-ring (bicyclic) bond motifs is 1. The first-order valence-electron chi connectivity index (χ1n) is 6.86. The van der Waals surface area contributed by atoms with Crippen LogP contribution in [-0.4, -0.2) is 27.8 Å². The lowest BCUT2D eigenvalue weighted by atomic mass is 10.2. The third kappa shape index (κ3) is 4.32. The number of carbonyl (C=O) groups is 1. The van der Waals surface area contributed by atoms with Crippen LogP contribution in [0.25, 0.3) is 11.0 Å². The zero-order chi connectivity index (χ0) is 16.1. The number of amides is 1. The fraction of sp³-hybridized carbons (Fsp3) is 0.0625. The Hall–Kier alpha value is -1.87. The van der Waals surface area contributed by atoms with Gasteiger partial charge in [-0.1, -0.05) is 42.1 Å². The van der Waals surface area contributed by atoms with Crippen LogP contribution in [0.5, 0.6) is 0 Å². The number of hydrogen-bond donors (Lipinski definition) is 2. The van der Waals surface area contributed by atoms with Gasteiger partial charge in [0.2, 0.25) is 0 Å². The Labute approximate surface area is 151 Å². The quantitative estimate of drug-likeness (QED) is 0.279. The van der Waals surface area contributed by atoms with E-state index in [-0.39, 0.29) is 11.7 Å². The highest BCUT2D eigenvalue weighted by Gasteiger charge is 2.06. The molecule has 0 saturated carbocycles. The Morgan fingerprint density at radius 1 is 1.26 bits per heavy atom. The van der Waals surface area contributed by atoms with Gasteiger partial charge >= 0.3 is 0 Å². The summed E-state index contributed by atoms with van der Waals surface area (Å²) in [5, 5.41) is 4.71. The molecule has 7 heteroatoms. The molecule has 116 valence electrons.